The number of ether oxygens (including phenoxy) is 1. The molecule has 0 amide bonds. The van der Waals surface area contributed by atoms with Crippen molar-refractivity contribution in [3.8, 4) is 5.82 Å². The van der Waals surface area contributed by atoms with Crippen LogP contribution in [0.15, 0.2) is 18.9 Å². The Morgan fingerprint density at radius 3 is 2.96 bits per heavy atom. The molecule has 0 aromatic carbocycles. The van der Waals surface area contributed by atoms with Crippen LogP contribution < -0.4 is 0 Å². The van der Waals surface area contributed by atoms with Gasteiger partial charge in [0.15, 0.2) is 17.0 Å². The van der Waals surface area contributed by atoms with Crippen LogP contribution in [0.3, 0.4) is 0 Å². The zero-order chi connectivity index (χ0) is 18.1. The minimum atomic E-state index is -0.722. The number of imidazole rings is 1. The topological polar surface area (TPSA) is 124 Å². The standard InChI is InChI=1S/C16H21N7O3/c1-2-3-4-10-6-23(21-20-10)16-14-15(17-8-18-16)22(9-19-14)13-5-11(25)12(7-24)26-13/h6,8-9,11-13,24-25H,2-5,7H2,1H3/t11-,12+,13+/m0/s1. The summed E-state index contributed by atoms with van der Waals surface area (Å²) in [6.07, 6.45) is 6.52. The third kappa shape index (κ3) is 2.96. The molecule has 1 saturated heterocycles. The highest BCUT2D eigenvalue weighted by atomic mass is 16.5. The van der Waals surface area contributed by atoms with Crippen molar-refractivity contribution in [1.29, 1.82) is 0 Å². The highest BCUT2D eigenvalue weighted by Crippen LogP contribution is 2.31. The summed E-state index contributed by atoms with van der Waals surface area (Å²) in [5, 5.41) is 27.6. The van der Waals surface area contributed by atoms with Crippen molar-refractivity contribution in [1.82, 2.24) is 34.5 Å². The Hall–Kier alpha value is -2.43. The van der Waals surface area contributed by atoms with E-state index in [4.69, 9.17) is 4.74 Å². The molecule has 0 spiro atoms. The molecule has 2 N–H and O–H groups in total. The van der Waals surface area contributed by atoms with Crippen LogP contribution in [-0.2, 0) is 11.2 Å². The molecule has 0 aliphatic carbocycles. The van der Waals surface area contributed by atoms with Crippen LogP contribution >= 0.6 is 0 Å². The van der Waals surface area contributed by atoms with Crippen LogP contribution in [0.25, 0.3) is 17.0 Å². The molecule has 3 atom stereocenters. The van der Waals surface area contributed by atoms with Crippen molar-refractivity contribution >= 4 is 11.2 Å². The molecule has 0 radical (unpaired) electrons. The molecule has 1 fully saturated rings. The SMILES string of the molecule is CCCCc1cn(-c2ncnc3c2ncn3[C@H]2C[C@H](O)[C@@H](CO)O2)nn1. The van der Waals surface area contributed by atoms with Gasteiger partial charge in [0.1, 0.15) is 18.7 Å². The second kappa shape index (κ2) is 7.06. The minimum absolute atomic E-state index is 0.232. The second-order valence-corrected chi connectivity index (χ2v) is 6.39. The quantitative estimate of drug-likeness (QED) is 0.648. The van der Waals surface area contributed by atoms with Gasteiger partial charge in [-0.05, 0) is 12.8 Å². The molecule has 138 valence electrons. The Morgan fingerprint density at radius 1 is 1.31 bits per heavy atom. The zero-order valence-corrected chi connectivity index (χ0v) is 14.4. The molecule has 10 nitrogen and oxygen atoms in total. The van der Waals surface area contributed by atoms with Gasteiger partial charge < -0.3 is 14.9 Å². The Morgan fingerprint density at radius 2 is 2.19 bits per heavy atom. The maximum absolute atomic E-state index is 9.96. The lowest BCUT2D eigenvalue weighted by molar-refractivity contribution is -0.0432. The van der Waals surface area contributed by atoms with Crippen molar-refractivity contribution in [2.45, 2.75) is 51.0 Å². The van der Waals surface area contributed by atoms with Gasteiger partial charge in [-0.1, -0.05) is 18.6 Å². The van der Waals surface area contributed by atoms with Gasteiger partial charge in [0, 0.05) is 6.42 Å². The molecule has 10 heteroatoms. The minimum Gasteiger partial charge on any atom is -0.394 e. The van der Waals surface area contributed by atoms with Crippen molar-refractivity contribution in [3.63, 3.8) is 0 Å². The summed E-state index contributed by atoms with van der Waals surface area (Å²) < 4.78 is 9.05. The van der Waals surface area contributed by atoms with Gasteiger partial charge in [0.2, 0.25) is 0 Å². The summed E-state index contributed by atoms with van der Waals surface area (Å²) in [7, 11) is 0. The largest absolute Gasteiger partial charge is 0.394 e. The molecule has 3 aromatic rings. The maximum Gasteiger partial charge on any atom is 0.186 e. The number of aryl methyl sites for hydroxylation is 1. The molecule has 4 rings (SSSR count). The first-order valence-electron chi connectivity index (χ1n) is 8.74. The fourth-order valence-corrected chi connectivity index (χ4v) is 3.14. The lowest BCUT2D eigenvalue weighted by Gasteiger charge is -2.13. The van der Waals surface area contributed by atoms with Crippen LogP contribution in [0.2, 0.25) is 0 Å². The number of unbranched alkanes of at least 4 members (excludes halogenated alkanes) is 1. The van der Waals surface area contributed by atoms with Gasteiger partial charge in [-0.3, -0.25) is 4.57 Å². The second-order valence-electron chi connectivity index (χ2n) is 6.39. The van der Waals surface area contributed by atoms with Crippen molar-refractivity contribution in [3.05, 3.63) is 24.5 Å². The number of nitrogens with zero attached hydrogens (tertiary/aromatic N) is 7. The smallest absolute Gasteiger partial charge is 0.186 e. The molecular weight excluding hydrogens is 338 g/mol. The fraction of sp³-hybridized carbons (Fsp3) is 0.562. The molecule has 1 aliphatic rings. The summed E-state index contributed by atoms with van der Waals surface area (Å²) in [4.78, 5) is 13.0. The first-order chi connectivity index (χ1) is 12.7. The number of aliphatic hydroxyl groups excluding tert-OH is 2. The van der Waals surface area contributed by atoms with Crippen LogP contribution in [0.5, 0.6) is 0 Å². The number of fused-ring (bicyclic) bond motifs is 1. The molecule has 1 aliphatic heterocycles. The van der Waals surface area contributed by atoms with Crippen LogP contribution in [0.4, 0.5) is 0 Å². The Balaban J connectivity index is 1.66. The normalized spacial score (nSPS) is 23.1. The molecular formula is C16H21N7O3. The number of aromatic nitrogens is 7. The van der Waals surface area contributed by atoms with Gasteiger partial charge in [-0.25, -0.2) is 15.0 Å². The van der Waals surface area contributed by atoms with E-state index in [1.165, 1.54) is 6.33 Å². The molecule has 26 heavy (non-hydrogen) atoms. The average molecular weight is 359 g/mol. The highest BCUT2D eigenvalue weighted by molar-refractivity contribution is 5.78. The predicted molar refractivity (Wildman–Crippen MR) is 90.5 cm³/mol. The number of aliphatic hydroxyl groups is 2. The number of hydrogen-bond acceptors (Lipinski definition) is 8. The Labute approximate surface area is 149 Å². The lowest BCUT2D eigenvalue weighted by Crippen LogP contribution is -2.24. The molecule has 0 unspecified atom stereocenters. The first-order valence-corrected chi connectivity index (χ1v) is 8.74. The molecule has 0 saturated carbocycles. The summed E-state index contributed by atoms with van der Waals surface area (Å²) in [6.45, 7) is 1.90. The average Bonchev–Trinajstić information content (AvgIpc) is 3.37. The zero-order valence-electron chi connectivity index (χ0n) is 14.4. The van der Waals surface area contributed by atoms with Crippen molar-refractivity contribution in [2.24, 2.45) is 0 Å². The van der Waals surface area contributed by atoms with Crippen molar-refractivity contribution in [2.75, 3.05) is 6.61 Å². The van der Waals surface area contributed by atoms with Crippen LogP contribution in [0, 0.1) is 0 Å². The first kappa shape index (κ1) is 17.0. The molecule has 3 aromatic heterocycles. The maximum atomic E-state index is 9.96. The van der Waals surface area contributed by atoms with E-state index < -0.39 is 18.4 Å². The van der Waals surface area contributed by atoms with Gasteiger partial charge in [0.05, 0.1) is 30.9 Å². The summed E-state index contributed by atoms with van der Waals surface area (Å²) in [6, 6.07) is 0. The Kier molecular flexibility index (Phi) is 4.62. The van der Waals surface area contributed by atoms with E-state index in [9.17, 15) is 10.2 Å². The van der Waals surface area contributed by atoms with E-state index in [2.05, 4.69) is 32.2 Å². The summed E-state index contributed by atoms with van der Waals surface area (Å²) in [5.41, 5.74) is 2.06. The van der Waals surface area contributed by atoms with E-state index in [0.29, 0.717) is 23.4 Å². The third-order valence-electron chi connectivity index (χ3n) is 4.58. The van der Waals surface area contributed by atoms with Crippen LogP contribution in [0.1, 0.15) is 38.1 Å². The monoisotopic (exact) mass is 359 g/mol. The fourth-order valence-electron chi connectivity index (χ4n) is 3.14. The van der Waals surface area contributed by atoms with E-state index in [1.807, 2.05) is 6.20 Å². The van der Waals surface area contributed by atoms with Gasteiger partial charge in [-0.2, -0.15) is 4.68 Å². The predicted octanol–water partition coefficient (Wildman–Crippen LogP) is 0.390. The third-order valence-corrected chi connectivity index (χ3v) is 4.58. The van der Waals surface area contributed by atoms with Crippen LogP contribution in [-0.4, -0.2) is 63.5 Å². The van der Waals surface area contributed by atoms with E-state index in [-0.39, 0.29) is 6.61 Å². The molecule has 0 bridgehead atoms. The van der Waals surface area contributed by atoms with E-state index in [1.54, 1.807) is 15.6 Å². The van der Waals surface area contributed by atoms with E-state index in [0.717, 1.165) is 25.0 Å². The van der Waals surface area contributed by atoms with Gasteiger partial charge in [0.25, 0.3) is 0 Å². The van der Waals surface area contributed by atoms with E-state index >= 15 is 0 Å². The van der Waals surface area contributed by atoms with Gasteiger partial charge >= 0.3 is 0 Å². The summed E-state index contributed by atoms with van der Waals surface area (Å²) >= 11 is 0. The molecule has 4 heterocycles. The van der Waals surface area contributed by atoms with Gasteiger partial charge in [-0.15, -0.1) is 5.10 Å². The number of hydrogen-bond donors (Lipinski definition) is 2. The lowest BCUT2D eigenvalue weighted by atomic mass is 10.2. The van der Waals surface area contributed by atoms with Crippen molar-refractivity contribution < 1.29 is 14.9 Å². The number of rotatable bonds is 6. The summed E-state index contributed by atoms with van der Waals surface area (Å²) in [5.74, 6) is 0.543. The Bertz CT molecular complexity index is 893. The highest BCUT2D eigenvalue weighted by Gasteiger charge is 2.35.